The molecular weight excluding hydrogens is 424 g/mol. The molecule has 0 unspecified atom stereocenters. The maximum absolute atomic E-state index is 12.5. The van der Waals surface area contributed by atoms with Gasteiger partial charge in [0, 0.05) is 12.1 Å². The number of rotatable bonds is 5. The normalized spacial score (nSPS) is 28.3. The molecule has 2 aromatic rings. The molecule has 1 saturated heterocycles. The smallest absolute Gasteiger partial charge is 0.344 e. The SMILES string of the molecule is COc1cc(O[C@@H]2O[C@H](CO)[C@@H](O)[C@H](O)[C@H]2O)cc2c1/C(=C\c1ccc(O)cc1)C(=O)O2. The van der Waals surface area contributed by atoms with Gasteiger partial charge in [-0.15, -0.1) is 0 Å². The van der Waals surface area contributed by atoms with Crippen molar-refractivity contribution in [3.63, 3.8) is 0 Å². The Hall–Kier alpha value is -3.15. The highest BCUT2D eigenvalue weighted by molar-refractivity contribution is 6.26. The zero-order valence-corrected chi connectivity index (χ0v) is 16.9. The van der Waals surface area contributed by atoms with Crippen LogP contribution in [0.1, 0.15) is 11.1 Å². The molecule has 10 nitrogen and oxygen atoms in total. The van der Waals surface area contributed by atoms with Gasteiger partial charge >= 0.3 is 5.97 Å². The van der Waals surface area contributed by atoms with Gasteiger partial charge in [-0.1, -0.05) is 12.1 Å². The molecule has 0 radical (unpaired) electrons. The van der Waals surface area contributed by atoms with Crippen LogP contribution in [0.5, 0.6) is 23.0 Å². The summed E-state index contributed by atoms with van der Waals surface area (Å²) < 4.78 is 21.7. The highest BCUT2D eigenvalue weighted by Gasteiger charge is 2.45. The van der Waals surface area contributed by atoms with E-state index in [0.29, 0.717) is 11.1 Å². The van der Waals surface area contributed by atoms with Gasteiger partial charge in [-0.05, 0) is 23.8 Å². The first-order valence-corrected chi connectivity index (χ1v) is 9.75. The molecule has 0 aromatic heterocycles. The minimum atomic E-state index is -1.60. The zero-order valence-electron chi connectivity index (χ0n) is 16.9. The average molecular weight is 446 g/mol. The van der Waals surface area contributed by atoms with Crippen LogP contribution in [0.4, 0.5) is 0 Å². The maximum atomic E-state index is 12.5. The molecule has 0 saturated carbocycles. The number of methoxy groups -OCH3 is 1. The second kappa shape index (κ2) is 8.77. The van der Waals surface area contributed by atoms with E-state index in [1.54, 1.807) is 18.2 Å². The Bertz CT molecular complexity index is 1030. The topological polar surface area (TPSA) is 155 Å². The summed E-state index contributed by atoms with van der Waals surface area (Å²) in [5, 5.41) is 48.8. The fourth-order valence-corrected chi connectivity index (χ4v) is 3.56. The minimum absolute atomic E-state index is 0.0918. The van der Waals surface area contributed by atoms with Gasteiger partial charge in [0.05, 0.1) is 24.9 Å². The summed E-state index contributed by atoms with van der Waals surface area (Å²) in [5.74, 6) is -0.0222. The molecule has 5 N–H and O–H groups in total. The molecule has 0 aliphatic carbocycles. The predicted molar refractivity (Wildman–Crippen MR) is 109 cm³/mol. The zero-order chi connectivity index (χ0) is 23.0. The number of aliphatic hydroxyl groups is 4. The number of hydrogen-bond donors (Lipinski definition) is 5. The van der Waals surface area contributed by atoms with Crippen molar-refractivity contribution in [3.05, 3.63) is 47.5 Å². The standard InChI is InChI=1S/C22H22O10/c1-29-14-7-12(30-22-20(27)19(26)18(25)16(9-23)32-22)8-15-17(14)13(21(28)31-15)6-10-2-4-11(24)5-3-10/h2-8,16,18-20,22-27H,9H2,1H3/b13-6+/t16-,18-,19+,20-,22-/m1/s1. The summed E-state index contributed by atoms with van der Waals surface area (Å²) in [6, 6.07) is 9.10. The van der Waals surface area contributed by atoms with E-state index in [1.807, 2.05) is 0 Å². The van der Waals surface area contributed by atoms with Crippen LogP contribution in [0, 0.1) is 0 Å². The van der Waals surface area contributed by atoms with Crippen molar-refractivity contribution in [1.29, 1.82) is 0 Å². The number of phenolic OH excluding ortho intramolecular Hbond substituents is 1. The molecule has 0 amide bonds. The maximum Gasteiger partial charge on any atom is 0.344 e. The second-order valence-electron chi connectivity index (χ2n) is 7.35. The molecule has 32 heavy (non-hydrogen) atoms. The molecule has 2 aliphatic rings. The number of carbonyl (C=O) groups is 1. The third-order valence-corrected chi connectivity index (χ3v) is 5.26. The van der Waals surface area contributed by atoms with Crippen molar-refractivity contribution >= 4 is 17.6 Å². The molecule has 4 rings (SSSR count). The highest BCUT2D eigenvalue weighted by atomic mass is 16.7. The summed E-state index contributed by atoms with van der Waals surface area (Å²) in [4.78, 5) is 12.5. The van der Waals surface area contributed by atoms with E-state index < -0.39 is 43.3 Å². The Morgan fingerprint density at radius 1 is 1.06 bits per heavy atom. The van der Waals surface area contributed by atoms with Crippen LogP contribution in [0.15, 0.2) is 36.4 Å². The van der Waals surface area contributed by atoms with Crippen molar-refractivity contribution in [1.82, 2.24) is 0 Å². The Balaban J connectivity index is 1.65. The fraction of sp³-hybridized carbons (Fsp3) is 0.318. The third kappa shape index (κ3) is 4.01. The van der Waals surface area contributed by atoms with Gasteiger partial charge in [-0.25, -0.2) is 4.79 Å². The minimum Gasteiger partial charge on any atom is -0.508 e. The van der Waals surface area contributed by atoms with E-state index in [4.69, 9.17) is 18.9 Å². The first-order valence-electron chi connectivity index (χ1n) is 9.75. The Kier molecular flexibility index (Phi) is 6.04. The molecule has 2 aliphatic heterocycles. The number of phenols is 1. The number of ether oxygens (including phenoxy) is 4. The van der Waals surface area contributed by atoms with E-state index in [-0.39, 0.29) is 28.6 Å². The molecule has 10 heteroatoms. The average Bonchev–Trinajstić information content (AvgIpc) is 3.09. The van der Waals surface area contributed by atoms with Crippen LogP contribution in [-0.4, -0.2) is 75.9 Å². The molecule has 5 atom stereocenters. The number of fused-ring (bicyclic) bond motifs is 1. The van der Waals surface area contributed by atoms with Crippen molar-refractivity contribution in [3.8, 4) is 23.0 Å². The quantitative estimate of drug-likeness (QED) is 0.241. The lowest BCUT2D eigenvalue weighted by molar-refractivity contribution is -0.277. The molecule has 170 valence electrons. The van der Waals surface area contributed by atoms with Crippen LogP contribution in [-0.2, 0) is 9.53 Å². The Morgan fingerprint density at radius 2 is 1.78 bits per heavy atom. The van der Waals surface area contributed by atoms with Crippen molar-refractivity contribution in [2.45, 2.75) is 30.7 Å². The van der Waals surface area contributed by atoms with Crippen LogP contribution in [0.3, 0.4) is 0 Å². The van der Waals surface area contributed by atoms with Gasteiger partial charge in [0.15, 0.2) is 0 Å². The van der Waals surface area contributed by atoms with Crippen LogP contribution >= 0.6 is 0 Å². The number of aromatic hydroxyl groups is 1. The van der Waals surface area contributed by atoms with Crippen molar-refractivity contribution in [2.75, 3.05) is 13.7 Å². The van der Waals surface area contributed by atoms with Crippen molar-refractivity contribution in [2.24, 2.45) is 0 Å². The lowest BCUT2D eigenvalue weighted by Gasteiger charge is -2.39. The predicted octanol–water partition coefficient (Wildman–Crippen LogP) is 0.0391. The number of hydrogen-bond acceptors (Lipinski definition) is 10. The fourth-order valence-electron chi connectivity index (χ4n) is 3.56. The second-order valence-corrected chi connectivity index (χ2v) is 7.35. The monoisotopic (exact) mass is 446 g/mol. The molecule has 2 heterocycles. The van der Waals surface area contributed by atoms with Crippen LogP contribution in [0.25, 0.3) is 11.6 Å². The summed E-state index contributed by atoms with van der Waals surface area (Å²) in [7, 11) is 1.40. The lowest BCUT2D eigenvalue weighted by Crippen LogP contribution is -2.60. The van der Waals surface area contributed by atoms with Gasteiger partial charge in [0.1, 0.15) is 47.4 Å². The number of benzene rings is 2. The van der Waals surface area contributed by atoms with Gasteiger partial charge in [-0.3, -0.25) is 0 Å². The molecule has 0 bridgehead atoms. The third-order valence-electron chi connectivity index (χ3n) is 5.26. The Labute approximate surface area is 182 Å². The number of carbonyl (C=O) groups excluding carboxylic acids is 1. The first kappa shape index (κ1) is 22.1. The molecule has 1 fully saturated rings. The summed E-state index contributed by atoms with van der Waals surface area (Å²) in [5.41, 5.74) is 1.29. The van der Waals surface area contributed by atoms with E-state index in [1.165, 1.54) is 31.4 Å². The Morgan fingerprint density at radius 3 is 2.44 bits per heavy atom. The van der Waals surface area contributed by atoms with Gasteiger partial charge in [-0.2, -0.15) is 0 Å². The van der Waals surface area contributed by atoms with Crippen LogP contribution in [0.2, 0.25) is 0 Å². The largest absolute Gasteiger partial charge is 0.508 e. The van der Waals surface area contributed by atoms with E-state index in [2.05, 4.69) is 0 Å². The lowest BCUT2D eigenvalue weighted by atomic mass is 9.99. The van der Waals surface area contributed by atoms with E-state index in [9.17, 15) is 30.3 Å². The van der Waals surface area contributed by atoms with Gasteiger partial charge < -0.3 is 44.5 Å². The highest BCUT2D eigenvalue weighted by Crippen LogP contribution is 2.45. The van der Waals surface area contributed by atoms with Gasteiger partial charge in [0.2, 0.25) is 6.29 Å². The van der Waals surface area contributed by atoms with Gasteiger partial charge in [0.25, 0.3) is 0 Å². The number of esters is 1. The van der Waals surface area contributed by atoms with E-state index >= 15 is 0 Å². The van der Waals surface area contributed by atoms with E-state index in [0.717, 1.165) is 0 Å². The summed E-state index contributed by atoms with van der Waals surface area (Å²) >= 11 is 0. The first-order chi connectivity index (χ1) is 15.3. The van der Waals surface area contributed by atoms with Crippen molar-refractivity contribution < 1.29 is 49.3 Å². The van der Waals surface area contributed by atoms with Crippen LogP contribution < -0.4 is 14.2 Å². The molecule has 0 spiro atoms. The summed E-state index contributed by atoms with van der Waals surface area (Å²) in [6.45, 7) is -0.596. The number of aliphatic hydroxyl groups excluding tert-OH is 4. The summed E-state index contributed by atoms with van der Waals surface area (Å²) in [6.07, 6.45) is -5.66. The molecule has 2 aromatic carbocycles. The molecular formula is C22H22O10.